The maximum atomic E-state index is 11.5. The van der Waals surface area contributed by atoms with Crippen molar-refractivity contribution in [3.05, 3.63) is 21.1 Å². The normalized spacial score (nSPS) is 9.81. The van der Waals surface area contributed by atoms with Gasteiger partial charge in [-0.2, -0.15) is 0 Å². The number of nitrogens with zero attached hydrogens (tertiary/aromatic N) is 1. The number of nitrogens with one attached hydrogen (secondary N) is 1. The molecule has 0 atom stereocenters. The quantitative estimate of drug-likeness (QED) is 0.888. The van der Waals surface area contributed by atoms with Crippen LogP contribution in [-0.2, 0) is 0 Å². The Bertz CT molecular complexity index is 408. The molecular formula is C10H12Br2N2O2. The number of halogens is 2. The fourth-order valence-electron chi connectivity index (χ4n) is 1.01. The van der Waals surface area contributed by atoms with Gasteiger partial charge in [0, 0.05) is 24.6 Å². The monoisotopic (exact) mass is 350 g/mol. The number of carbonyl (C=O) groups is 1. The summed E-state index contributed by atoms with van der Waals surface area (Å²) in [6, 6.07) is 3.38. The zero-order valence-corrected chi connectivity index (χ0v) is 12.3. The molecule has 1 N–H and O–H groups in total. The lowest BCUT2D eigenvalue weighted by Crippen LogP contribution is -2.27. The van der Waals surface area contributed by atoms with Crippen LogP contribution in [0.5, 0.6) is 5.75 Å². The van der Waals surface area contributed by atoms with E-state index in [9.17, 15) is 4.79 Å². The van der Waals surface area contributed by atoms with E-state index in [1.54, 1.807) is 27.3 Å². The molecule has 0 aromatic heterocycles. The maximum absolute atomic E-state index is 11.5. The van der Waals surface area contributed by atoms with Crippen molar-refractivity contribution in [2.45, 2.75) is 0 Å². The SMILES string of the molecule is COc1cc(NC(=O)N(C)C)c(Br)cc1Br. The van der Waals surface area contributed by atoms with Gasteiger partial charge in [0.25, 0.3) is 0 Å². The van der Waals surface area contributed by atoms with Gasteiger partial charge in [-0.15, -0.1) is 0 Å². The average molecular weight is 352 g/mol. The second-order valence-corrected chi connectivity index (χ2v) is 5.00. The minimum absolute atomic E-state index is 0.190. The van der Waals surface area contributed by atoms with E-state index >= 15 is 0 Å². The van der Waals surface area contributed by atoms with Crippen LogP contribution in [0.2, 0.25) is 0 Å². The molecule has 2 amide bonds. The lowest BCUT2D eigenvalue weighted by Gasteiger charge is -2.14. The molecule has 0 aliphatic heterocycles. The first-order valence-corrected chi connectivity index (χ1v) is 6.05. The highest BCUT2D eigenvalue weighted by atomic mass is 79.9. The third kappa shape index (κ3) is 3.12. The largest absolute Gasteiger partial charge is 0.495 e. The van der Waals surface area contributed by atoms with Gasteiger partial charge in [-0.1, -0.05) is 0 Å². The number of hydrogen-bond acceptors (Lipinski definition) is 2. The number of rotatable bonds is 2. The molecule has 1 aromatic carbocycles. The van der Waals surface area contributed by atoms with Gasteiger partial charge >= 0.3 is 6.03 Å². The fraction of sp³-hybridized carbons (Fsp3) is 0.300. The molecule has 1 rings (SSSR count). The molecule has 1 aromatic rings. The molecule has 0 heterocycles. The van der Waals surface area contributed by atoms with Crippen LogP contribution in [0.15, 0.2) is 21.1 Å². The van der Waals surface area contributed by atoms with E-state index in [1.165, 1.54) is 4.90 Å². The molecule has 0 radical (unpaired) electrons. The lowest BCUT2D eigenvalue weighted by molar-refractivity contribution is 0.230. The summed E-state index contributed by atoms with van der Waals surface area (Å²) in [5.41, 5.74) is 0.666. The number of benzene rings is 1. The number of methoxy groups -OCH3 is 1. The van der Waals surface area contributed by atoms with Crippen LogP contribution in [0.25, 0.3) is 0 Å². The summed E-state index contributed by atoms with van der Waals surface area (Å²) >= 11 is 6.73. The zero-order chi connectivity index (χ0) is 12.3. The highest BCUT2D eigenvalue weighted by molar-refractivity contribution is 9.11. The summed E-state index contributed by atoms with van der Waals surface area (Å²) in [6.07, 6.45) is 0. The number of amides is 2. The van der Waals surface area contributed by atoms with Crippen molar-refractivity contribution in [2.75, 3.05) is 26.5 Å². The van der Waals surface area contributed by atoms with Crippen LogP contribution >= 0.6 is 31.9 Å². The first-order chi connectivity index (χ1) is 7.45. The van der Waals surface area contributed by atoms with Crippen LogP contribution in [0.1, 0.15) is 0 Å². The predicted octanol–water partition coefficient (Wildman–Crippen LogP) is 3.31. The van der Waals surface area contributed by atoms with Crippen molar-refractivity contribution in [3.63, 3.8) is 0 Å². The molecule has 0 bridgehead atoms. The number of carbonyl (C=O) groups excluding carboxylic acids is 1. The van der Waals surface area contributed by atoms with Crippen molar-refractivity contribution in [2.24, 2.45) is 0 Å². The molecule has 4 nitrogen and oxygen atoms in total. The molecule has 0 aliphatic carbocycles. The summed E-state index contributed by atoms with van der Waals surface area (Å²) in [5, 5.41) is 2.75. The predicted molar refractivity (Wildman–Crippen MR) is 71.1 cm³/mol. The molecule has 88 valence electrons. The Morgan fingerprint density at radius 1 is 1.31 bits per heavy atom. The summed E-state index contributed by atoms with van der Waals surface area (Å²) in [6.45, 7) is 0. The van der Waals surface area contributed by atoms with Crippen molar-refractivity contribution in [3.8, 4) is 5.75 Å². The topological polar surface area (TPSA) is 41.6 Å². The van der Waals surface area contributed by atoms with Crippen LogP contribution in [-0.4, -0.2) is 32.1 Å². The van der Waals surface area contributed by atoms with E-state index < -0.39 is 0 Å². The smallest absolute Gasteiger partial charge is 0.321 e. The van der Waals surface area contributed by atoms with Gasteiger partial charge in [-0.3, -0.25) is 0 Å². The molecule has 0 saturated heterocycles. The third-order valence-corrected chi connectivity index (χ3v) is 3.17. The highest BCUT2D eigenvalue weighted by Gasteiger charge is 2.10. The molecule has 0 unspecified atom stereocenters. The van der Waals surface area contributed by atoms with Gasteiger partial charge in [-0.05, 0) is 37.9 Å². The molecular weight excluding hydrogens is 340 g/mol. The van der Waals surface area contributed by atoms with Crippen molar-refractivity contribution < 1.29 is 9.53 Å². The number of ether oxygens (including phenoxy) is 1. The van der Waals surface area contributed by atoms with Crippen LogP contribution in [0.3, 0.4) is 0 Å². The number of urea groups is 1. The Labute approximate surface area is 111 Å². The Morgan fingerprint density at radius 3 is 2.44 bits per heavy atom. The third-order valence-electron chi connectivity index (χ3n) is 1.89. The fourth-order valence-corrected chi connectivity index (χ4v) is 2.26. The Hall–Kier alpha value is -0.750. The van der Waals surface area contributed by atoms with Crippen LogP contribution in [0.4, 0.5) is 10.5 Å². The van der Waals surface area contributed by atoms with E-state index in [0.717, 1.165) is 8.95 Å². The van der Waals surface area contributed by atoms with Crippen LogP contribution in [0, 0.1) is 0 Å². The van der Waals surface area contributed by atoms with Gasteiger partial charge in [0.2, 0.25) is 0 Å². The highest BCUT2D eigenvalue weighted by Crippen LogP contribution is 2.34. The molecule has 0 fully saturated rings. The first-order valence-electron chi connectivity index (χ1n) is 4.47. The summed E-state index contributed by atoms with van der Waals surface area (Å²) < 4.78 is 6.76. The Morgan fingerprint density at radius 2 is 1.94 bits per heavy atom. The number of hydrogen-bond donors (Lipinski definition) is 1. The van der Waals surface area contributed by atoms with E-state index in [-0.39, 0.29) is 6.03 Å². The van der Waals surface area contributed by atoms with Gasteiger partial charge in [0.1, 0.15) is 5.75 Å². The van der Waals surface area contributed by atoms with Crippen molar-refractivity contribution in [1.29, 1.82) is 0 Å². The molecule has 16 heavy (non-hydrogen) atoms. The van der Waals surface area contributed by atoms with E-state index in [4.69, 9.17) is 4.74 Å². The first kappa shape index (κ1) is 13.3. The second-order valence-electron chi connectivity index (χ2n) is 3.29. The van der Waals surface area contributed by atoms with Crippen molar-refractivity contribution >= 4 is 43.6 Å². The lowest BCUT2D eigenvalue weighted by atomic mass is 10.3. The van der Waals surface area contributed by atoms with Gasteiger partial charge < -0.3 is 15.0 Å². The molecule has 0 spiro atoms. The Balaban J connectivity index is 3.00. The summed E-state index contributed by atoms with van der Waals surface area (Å²) in [4.78, 5) is 12.9. The molecule has 6 heteroatoms. The van der Waals surface area contributed by atoms with Gasteiger partial charge in [0.05, 0.1) is 17.3 Å². The minimum atomic E-state index is -0.190. The second kappa shape index (κ2) is 5.54. The van der Waals surface area contributed by atoms with Crippen LogP contribution < -0.4 is 10.1 Å². The van der Waals surface area contributed by atoms with E-state index in [1.807, 2.05) is 6.07 Å². The minimum Gasteiger partial charge on any atom is -0.495 e. The van der Waals surface area contributed by atoms with E-state index in [2.05, 4.69) is 37.2 Å². The number of anilines is 1. The van der Waals surface area contributed by atoms with Gasteiger partial charge in [0.15, 0.2) is 0 Å². The van der Waals surface area contributed by atoms with Crippen molar-refractivity contribution in [1.82, 2.24) is 4.90 Å². The molecule has 0 saturated carbocycles. The summed E-state index contributed by atoms with van der Waals surface area (Å²) in [7, 11) is 4.93. The van der Waals surface area contributed by atoms with Gasteiger partial charge in [-0.25, -0.2) is 4.79 Å². The summed E-state index contributed by atoms with van der Waals surface area (Å²) in [5.74, 6) is 0.664. The maximum Gasteiger partial charge on any atom is 0.321 e. The standard InChI is InChI=1S/C10H12Br2N2O2/c1-14(2)10(15)13-8-5-9(16-3)7(12)4-6(8)11/h4-5H,1-3H3,(H,13,15). The van der Waals surface area contributed by atoms with E-state index in [0.29, 0.717) is 11.4 Å². The molecule has 0 aliphatic rings. The Kier molecular flexibility index (Phi) is 4.61. The zero-order valence-electron chi connectivity index (χ0n) is 9.17. The average Bonchev–Trinajstić information content (AvgIpc) is 2.21.